The Morgan fingerprint density at radius 1 is 1.53 bits per heavy atom. The van der Waals surface area contributed by atoms with Gasteiger partial charge in [-0.1, -0.05) is 6.07 Å². The van der Waals surface area contributed by atoms with Crippen molar-refractivity contribution < 1.29 is 27.8 Å². The predicted octanol–water partition coefficient (Wildman–Crippen LogP) is 2.06. The van der Waals surface area contributed by atoms with Gasteiger partial charge in [0.25, 0.3) is 0 Å². The monoisotopic (exact) mass is 243 g/mol. The molecule has 0 aliphatic carbocycles. The van der Waals surface area contributed by atoms with Crippen LogP contribution in [0.3, 0.4) is 0 Å². The van der Waals surface area contributed by atoms with Gasteiger partial charge in [0.15, 0.2) is 5.58 Å². The zero-order valence-corrected chi connectivity index (χ0v) is 8.39. The van der Waals surface area contributed by atoms with Gasteiger partial charge in [-0.15, -0.1) is 0 Å². The second kappa shape index (κ2) is 4.36. The van der Waals surface area contributed by atoms with Crippen LogP contribution in [-0.2, 0) is 11.2 Å². The molecule has 17 heavy (non-hydrogen) atoms. The SMILES string of the molecule is O=C(O)Cc1ccc2nc(OC(F)F)oc2c1. The van der Waals surface area contributed by atoms with E-state index >= 15 is 0 Å². The quantitative estimate of drug-likeness (QED) is 0.889. The summed E-state index contributed by atoms with van der Waals surface area (Å²) in [6.07, 6.45) is -0.718. The van der Waals surface area contributed by atoms with E-state index < -0.39 is 18.7 Å². The van der Waals surface area contributed by atoms with E-state index in [9.17, 15) is 13.6 Å². The van der Waals surface area contributed by atoms with E-state index in [1.54, 1.807) is 0 Å². The summed E-state index contributed by atoms with van der Waals surface area (Å²) in [5.41, 5.74) is 1.03. The second-order valence-electron chi connectivity index (χ2n) is 3.23. The van der Waals surface area contributed by atoms with Gasteiger partial charge in [-0.25, -0.2) is 0 Å². The van der Waals surface area contributed by atoms with E-state index in [1.807, 2.05) is 0 Å². The summed E-state index contributed by atoms with van der Waals surface area (Å²) in [6.45, 7) is -3.01. The van der Waals surface area contributed by atoms with Crippen LogP contribution >= 0.6 is 0 Å². The van der Waals surface area contributed by atoms with Crippen molar-refractivity contribution in [3.63, 3.8) is 0 Å². The van der Waals surface area contributed by atoms with Crippen LogP contribution in [0, 0.1) is 0 Å². The smallest absolute Gasteiger partial charge is 0.399 e. The first-order valence-electron chi connectivity index (χ1n) is 4.60. The van der Waals surface area contributed by atoms with Crippen molar-refractivity contribution >= 4 is 17.1 Å². The molecule has 2 aromatic rings. The maximum absolute atomic E-state index is 11.9. The van der Waals surface area contributed by atoms with Gasteiger partial charge in [0.05, 0.1) is 6.42 Å². The molecule has 2 rings (SSSR count). The molecule has 0 fully saturated rings. The van der Waals surface area contributed by atoms with Crippen LogP contribution in [0.4, 0.5) is 8.78 Å². The van der Waals surface area contributed by atoms with Crippen molar-refractivity contribution in [2.75, 3.05) is 0 Å². The fourth-order valence-electron chi connectivity index (χ4n) is 1.36. The summed E-state index contributed by atoms with van der Waals surface area (Å²) >= 11 is 0. The molecule has 0 amide bonds. The molecule has 0 saturated heterocycles. The van der Waals surface area contributed by atoms with Crippen LogP contribution in [0.15, 0.2) is 22.6 Å². The van der Waals surface area contributed by atoms with Crippen LogP contribution < -0.4 is 4.74 Å². The van der Waals surface area contributed by atoms with E-state index in [1.165, 1.54) is 18.2 Å². The molecule has 0 radical (unpaired) electrons. The van der Waals surface area contributed by atoms with Crippen molar-refractivity contribution in [1.82, 2.24) is 4.98 Å². The Morgan fingerprint density at radius 3 is 2.94 bits per heavy atom. The molecule has 0 spiro atoms. The van der Waals surface area contributed by atoms with Gasteiger partial charge < -0.3 is 14.3 Å². The second-order valence-corrected chi connectivity index (χ2v) is 3.23. The summed E-state index contributed by atoms with van der Waals surface area (Å²) in [5, 5.41) is 8.59. The normalized spacial score (nSPS) is 11.0. The van der Waals surface area contributed by atoms with Crippen molar-refractivity contribution in [2.45, 2.75) is 13.0 Å². The van der Waals surface area contributed by atoms with Crippen molar-refractivity contribution in [2.24, 2.45) is 0 Å². The number of aliphatic carboxylic acids is 1. The Kier molecular flexibility index (Phi) is 2.90. The Balaban J connectivity index is 2.30. The first-order valence-corrected chi connectivity index (χ1v) is 4.60. The van der Waals surface area contributed by atoms with Crippen LogP contribution in [0.5, 0.6) is 6.08 Å². The summed E-state index contributed by atoms with van der Waals surface area (Å²) in [4.78, 5) is 14.1. The van der Waals surface area contributed by atoms with Crippen molar-refractivity contribution in [3.8, 4) is 6.08 Å². The summed E-state index contributed by atoms with van der Waals surface area (Å²) in [7, 11) is 0. The van der Waals surface area contributed by atoms with Gasteiger partial charge >= 0.3 is 18.7 Å². The van der Waals surface area contributed by atoms with Gasteiger partial charge in [0.2, 0.25) is 0 Å². The van der Waals surface area contributed by atoms with Crippen molar-refractivity contribution in [1.29, 1.82) is 0 Å². The van der Waals surface area contributed by atoms with Crippen LogP contribution in [0.1, 0.15) is 5.56 Å². The molecule has 0 saturated carbocycles. The third-order valence-corrected chi connectivity index (χ3v) is 1.98. The van der Waals surface area contributed by atoms with Crippen LogP contribution in [0.2, 0.25) is 0 Å². The number of hydrogen-bond acceptors (Lipinski definition) is 4. The highest BCUT2D eigenvalue weighted by Crippen LogP contribution is 2.23. The molecule has 5 nitrogen and oxygen atoms in total. The highest BCUT2D eigenvalue weighted by atomic mass is 19.3. The molecule has 1 aromatic carbocycles. The zero-order valence-electron chi connectivity index (χ0n) is 8.39. The number of nitrogens with zero attached hydrogens (tertiary/aromatic N) is 1. The maximum Gasteiger partial charge on any atom is 0.399 e. The average molecular weight is 243 g/mol. The van der Waals surface area contributed by atoms with E-state index in [4.69, 9.17) is 9.52 Å². The number of oxazole rings is 1. The number of rotatable bonds is 4. The molecule has 1 N–H and O–H groups in total. The lowest BCUT2D eigenvalue weighted by Crippen LogP contribution is -2.01. The summed E-state index contributed by atoms with van der Waals surface area (Å²) < 4.78 is 32.7. The zero-order chi connectivity index (χ0) is 12.4. The van der Waals surface area contributed by atoms with E-state index in [0.717, 1.165) is 0 Å². The highest BCUT2D eigenvalue weighted by Gasteiger charge is 2.12. The standard InChI is InChI=1S/C10H7F2NO4/c11-9(12)17-10-13-6-2-1-5(4-8(14)15)3-7(6)16-10/h1-3,9H,4H2,(H,14,15). The van der Waals surface area contributed by atoms with Gasteiger partial charge in [-0.2, -0.15) is 13.8 Å². The lowest BCUT2D eigenvalue weighted by Gasteiger charge is -1.95. The number of carbonyl (C=O) groups is 1. The van der Waals surface area contributed by atoms with Crippen LogP contribution in [-0.4, -0.2) is 22.7 Å². The number of aromatic nitrogens is 1. The van der Waals surface area contributed by atoms with Gasteiger partial charge in [-0.3, -0.25) is 4.79 Å². The van der Waals surface area contributed by atoms with Gasteiger partial charge in [0, 0.05) is 0 Å². The first-order chi connectivity index (χ1) is 8.04. The first kappa shape index (κ1) is 11.3. The predicted molar refractivity (Wildman–Crippen MR) is 52.0 cm³/mol. The molecule has 1 heterocycles. The largest absolute Gasteiger partial charge is 0.481 e. The Bertz CT molecular complexity index is 552. The fourth-order valence-corrected chi connectivity index (χ4v) is 1.36. The molecule has 7 heteroatoms. The molecule has 0 bridgehead atoms. The molecule has 0 unspecified atom stereocenters. The summed E-state index contributed by atoms with van der Waals surface area (Å²) in [6, 6.07) is 4.44. The van der Waals surface area contributed by atoms with Gasteiger partial charge in [0.1, 0.15) is 5.52 Å². The van der Waals surface area contributed by atoms with E-state index in [0.29, 0.717) is 11.1 Å². The Morgan fingerprint density at radius 2 is 2.29 bits per heavy atom. The molecule has 90 valence electrons. The minimum atomic E-state index is -3.01. The molecule has 1 aromatic heterocycles. The Labute approximate surface area is 93.6 Å². The molecule has 0 atom stereocenters. The Hall–Kier alpha value is -2.18. The fraction of sp³-hybridized carbons (Fsp3) is 0.200. The average Bonchev–Trinajstić information content (AvgIpc) is 2.56. The number of halogens is 2. The number of alkyl halides is 2. The lowest BCUT2D eigenvalue weighted by atomic mass is 10.1. The topological polar surface area (TPSA) is 72.6 Å². The minimum absolute atomic E-state index is 0.179. The number of ether oxygens (including phenoxy) is 1. The number of fused-ring (bicyclic) bond motifs is 1. The highest BCUT2D eigenvalue weighted by molar-refractivity contribution is 5.77. The minimum Gasteiger partial charge on any atom is -0.481 e. The van der Waals surface area contributed by atoms with Crippen LogP contribution in [0.25, 0.3) is 11.1 Å². The molecular formula is C10H7F2NO4. The number of hydrogen-bond donors (Lipinski definition) is 1. The number of benzene rings is 1. The number of carboxylic acid groups (broad SMARTS) is 1. The molecular weight excluding hydrogens is 236 g/mol. The number of carboxylic acids is 1. The van der Waals surface area contributed by atoms with E-state index in [-0.39, 0.29) is 12.0 Å². The van der Waals surface area contributed by atoms with E-state index in [2.05, 4.69) is 9.72 Å². The summed E-state index contributed by atoms with van der Waals surface area (Å²) in [5.74, 6) is -0.993. The van der Waals surface area contributed by atoms with Gasteiger partial charge in [-0.05, 0) is 17.7 Å². The third kappa shape index (κ3) is 2.68. The lowest BCUT2D eigenvalue weighted by molar-refractivity contribution is -0.136. The molecule has 0 aliphatic heterocycles. The van der Waals surface area contributed by atoms with Crippen molar-refractivity contribution in [3.05, 3.63) is 23.8 Å². The maximum atomic E-state index is 11.9. The third-order valence-electron chi connectivity index (χ3n) is 1.98. The molecule has 0 aliphatic rings.